The highest BCUT2D eigenvalue weighted by atomic mass is 16.2. The van der Waals surface area contributed by atoms with Crippen molar-refractivity contribution < 1.29 is 9.59 Å². The first-order chi connectivity index (χ1) is 17.8. The van der Waals surface area contributed by atoms with Crippen LogP contribution >= 0.6 is 0 Å². The summed E-state index contributed by atoms with van der Waals surface area (Å²) in [6.07, 6.45) is 6.40. The van der Waals surface area contributed by atoms with E-state index in [-0.39, 0.29) is 17.7 Å². The molecule has 0 unspecified atom stereocenters. The predicted octanol–water partition coefficient (Wildman–Crippen LogP) is 4.68. The second-order valence-corrected chi connectivity index (χ2v) is 11.1. The number of benzene rings is 2. The summed E-state index contributed by atoms with van der Waals surface area (Å²) in [6, 6.07) is 12.7. The van der Waals surface area contributed by atoms with Crippen LogP contribution in [0.25, 0.3) is 11.0 Å². The highest BCUT2D eigenvalue weighted by Crippen LogP contribution is 2.30. The molecule has 1 aromatic heterocycles. The van der Waals surface area contributed by atoms with Crippen LogP contribution < -0.4 is 10.2 Å². The van der Waals surface area contributed by atoms with Crippen LogP contribution in [0.3, 0.4) is 0 Å². The largest absolute Gasteiger partial charge is 0.353 e. The molecular weight excluding hydrogens is 462 g/mol. The lowest BCUT2D eigenvalue weighted by Crippen LogP contribution is -2.43. The molecule has 0 atom stereocenters. The molecule has 1 saturated heterocycles. The Morgan fingerprint density at radius 3 is 2.27 bits per heavy atom. The van der Waals surface area contributed by atoms with Crippen LogP contribution in [0.2, 0.25) is 0 Å². The molecule has 7 nitrogen and oxygen atoms in total. The van der Waals surface area contributed by atoms with Crippen molar-refractivity contribution in [3.05, 3.63) is 58.7 Å². The maximum Gasteiger partial charge on any atom is 0.253 e. The molecule has 5 rings (SSSR count). The van der Waals surface area contributed by atoms with E-state index in [9.17, 15) is 9.59 Å². The fourth-order valence-corrected chi connectivity index (χ4v) is 5.69. The van der Waals surface area contributed by atoms with Gasteiger partial charge >= 0.3 is 0 Å². The van der Waals surface area contributed by atoms with Crippen LogP contribution in [-0.2, 0) is 11.3 Å². The predicted molar refractivity (Wildman–Crippen MR) is 148 cm³/mol. The molecular formula is C30H39N5O2. The average Bonchev–Trinajstić information content (AvgIpc) is 3.52. The molecule has 3 aromatic rings. The molecule has 2 heterocycles. The van der Waals surface area contributed by atoms with Gasteiger partial charge in [-0.3, -0.25) is 9.59 Å². The Labute approximate surface area is 219 Å². The number of carbonyl (C=O) groups is 2. The van der Waals surface area contributed by atoms with Gasteiger partial charge in [0.15, 0.2) is 0 Å². The third-order valence-corrected chi connectivity index (χ3v) is 8.14. The second-order valence-electron chi connectivity index (χ2n) is 11.1. The van der Waals surface area contributed by atoms with Crippen molar-refractivity contribution in [3.8, 4) is 0 Å². The fraction of sp³-hybridized carbons (Fsp3) is 0.500. The van der Waals surface area contributed by atoms with Crippen molar-refractivity contribution in [1.29, 1.82) is 0 Å². The Balaban J connectivity index is 1.37. The zero-order chi connectivity index (χ0) is 26.1. The minimum Gasteiger partial charge on any atom is -0.353 e. The summed E-state index contributed by atoms with van der Waals surface area (Å²) in [4.78, 5) is 34.2. The lowest BCUT2D eigenvalue weighted by Gasteiger charge is -2.33. The van der Waals surface area contributed by atoms with Gasteiger partial charge in [0.1, 0.15) is 0 Å². The normalized spacial score (nSPS) is 16.9. The molecule has 0 spiro atoms. The number of anilines is 1. The van der Waals surface area contributed by atoms with E-state index in [0.717, 1.165) is 61.3 Å². The highest BCUT2D eigenvalue weighted by molar-refractivity contribution is 5.93. The minimum atomic E-state index is 0.00580. The number of amides is 2. The first-order valence-corrected chi connectivity index (χ1v) is 13.6. The maximum atomic E-state index is 12.9. The number of piperidine rings is 1. The average molecular weight is 502 g/mol. The molecule has 196 valence electrons. The Hall–Kier alpha value is -3.35. The van der Waals surface area contributed by atoms with Gasteiger partial charge in [0.2, 0.25) is 11.9 Å². The van der Waals surface area contributed by atoms with Gasteiger partial charge in [-0.1, -0.05) is 25.0 Å². The number of hydrogen-bond acceptors (Lipinski definition) is 4. The number of fused-ring (bicyclic) bond motifs is 1. The van der Waals surface area contributed by atoms with Gasteiger partial charge in [-0.05, 0) is 80.5 Å². The monoisotopic (exact) mass is 501 g/mol. The maximum absolute atomic E-state index is 12.9. The number of aromatic nitrogens is 2. The summed E-state index contributed by atoms with van der Waals surface area (Å²) in [5.41, 5.74) is 6.41. The van der Waals surface area contributed by atoms with E-state index in [0.29, 0.717) is 18.2 Å². The number of nitrogens with one attached hydrogen (secondary N) is 1. The van der Waals surface area contributed by atoms with Gasteiger partial charge in [-0.25, -0.2) is 4.98 Å². The van der Waals surface area contributed by atoms with Crippen molar-refractivity contribution in [2.24, 2.45) is 5.92 Å². The van der Waals surface area contributed by atoms with E-state index in [4.69, 9.17) is 4.98 Å². The zero-order valence-electron chi connectivity index (χ0n) is 22.6. The van der Waals surface area contributed by atoms with E-state index < -0.39 is 0 Å². The standard InChI is InChI=1S/C30H39N5O2/c1-20-17-26-27(18-21(20)2)35(19-22-9-11-24(12-10-22)29(37)33(3)4)30(32-26)34-15-13-23(14-16-34)28(36)31-25-7-5-6-8-25/h9-12,17-18,23,25H,5-8,13-16,19H2,1-4H3,(H,31,36). The summed E-state index contributed by atoms with van der Waals surface area (Å²) in [7, 11) is 3.54. The van der Waals surface area contributed by atoms with Gasteiger partial charge in [-0.2, -0.15) is 0 Å². The number of imidazole rings is 1. The van der Waals surface area contributed by atoms with E-state index in [2.05, 4.69) is 40.8 Å². The molecule has 1 saturated carbocycles. The summed E-state index contributed by atoms with van der Waals surface area (Å²) < 4.78 is 2.30. The lowest BCUT2D eigenvalue weighted by atomic mass is 9.95. The molecule has 2 aliphatic rings. The van der Waals surface area contributed by atoms with Crippen LogP contribution in [0.4, 0.5) is 5.95 Å². The van der Waals surface area contributed by atoms with Crippen molar-refractivity contribution in [2.45, 2.75) is 65.0 Å². The molecule has 1 aliphatic carbocycles. The van der Waals surface area contributed by atoms with Gasteiger partial charge in [0, 0.05) is 44.7 Å². The number of rotatable bonds is 6. The SMILES string of the molecule is Cc1cc2nc(N3CCC(C(=O)NC4CCCC4)CC3)n(Cc3ccc(C(=O)N(C)C)cc3)c2cc1C. The third kappa shape index (κ3) is 5.36. The number of hydrogen-bond donors (Lipinski definition) is 1. The first kappa shape index (κ1) is 25.3. The second kappa shape index (κ2) is 10.6. The van der Waals surface area contributed by atoms with Crippen LogP contribution in [0, 0.1) is 19.8 Å². The van der Waals surface area contributed by atoms with E-state index in [1.807, 2.05) is 24.3 Å². The Kier molecular flexibility index (Phi) is 7.22. The first-order valence-electron chi connectivity index (χ1n) is 13.6. The molecule has 2 aromatic carbocycles. The summed E-state index contributed by atoms with van der Waals surface area (Å²) in [6.45, 7) is 6.58. The molecule has 0 bridgehead atoms. The molecule has 1 aliphatic heterocycles. The van der Waals surface area contributed by atoms with Crippen LogP contribution in [0.15, 0.2) is 36.4 Å². The van der Waals surface area contributed by atoms with Crippen LogP contribution in [-0.4, -0.2) is 59.5 Å². The molecule has 0 radical (unpaired) electrons. The van der Waals surface area contributed by atoms with Crippen molar-refractivity contribution >= 4 is 28.8 Å². The highest BCUT2D eigenvalue weighted by Gasteiger charge is 2.29. The zero-order valence-corrected chi connectivity index (χ0v) is 22.6. The summed E-state index contributed by atoms with van der Waals surface area (Å²) in [5, 5.41) is 3.30. The third-order valence-electron chi connectivity index (χ3n) is 8.14. The van der Waals surface area contributed by atoms with Gasteiger partial charge in [0.25, 0.3) is 5.91 Å². The molecule has 37 heavy (non-hydrogen) atoms. The molecule has 7 heteroatoms. The Morgan fingerprint density at radius 1 is 0.973 bits per heavy atom. The molecule has 1 N–H and O–H groups in total. The van der Waals surface area contributed by atoms with E-state index in [1.165, 1.54) is 24.0 Å². The van der Waals surface area contributed by atoms with Gasteiger partial charge < -0.3 is 19.7 Å². The minimum absolute atomic E-state index is 0.00580. The van der Waals surface area contributed by atoms with Crippen LogP contribution in [0.1, 0.15) is 65.6 Å². The van der Waals surface area contributed by atoms with Gasteiger partial charge in [0.05, 0.1) is 17.6 Å². The van der Waals surface area contributed by atoms with Gasteiger partial charge in [-0.15, -0.1) is 0 Å². The Morgan fingerprint density at radius 2 is 1.62 bits per heavy atom. The van der Waals surface area contributed by atoms with E-state index >= 15 is 0 Å². The number of aryl methyl sites for hydroxylation is 2. The number of carbonyl (C=O) groups excluding carboxylic acids is 2. The lowest BCUT2D eigenvalue weighted by molar-refractivity contribution is -0.126. The number of nitrogens with zero attached hydrogens (tertiary/aromatic N) is 4. The quantitative estimate of drug-likeness (QED) is 0.533. The van der Waals surface area contributed by atoms with Crippen LogP contribution in [0.5, 0.6) is 0 Å². The molecule has 2 amide bonds. The van der Waals surface area contributed by atoms with E-state index in [1.54, 1.807) is 19.0 Å². The van der Waals surface area contributed by atoms with Crippen molar-refractivity contribution in [3.63, 3.8) is 0 Å². The van der Waals surface area contributed by atoms with Crippen molar-refractivity contribution in [1.82, 2.24) is 19.8 Å². The molecule has 2 fully saturated rings. The Bertz CT molecular complexity index is 1280. The summed E-state index contributed by atoms with van der Waals surface area (Å²) >= 11 is 0. The fourth-order valence-electron chi connectivity index (χ4n) is 5.69. The smallest absolute Gasteiger partial charge is 0.253 e. The summed E-state index contributed by atoms with van der Waals surface area (Å²) in [5.74, 6) is 1.29. The topological polar surface area (TPSA) is 70.5 Å². The van der Waals surface area contributed by atoms with Crippen molar-refractivity contribution in [2.75, 3.05) is 32.1 Å².